The molecular formula is C21H29Cl2N7O2. The molecule has 0 spiro atoms. The van der Waals surface area contributed by atoms with Gasteiger partial charge >= 0.3 is 0 Å². The fourth-order valence-electron chi connectivity index (χ4n) is 3.89. The lowest BCUT2D eigenvalue weighted by atomic mass is 10.0. The number of aromatic hydroxyl groups is 1. The van der Waals surface area contributed by atoms with Crippen molar-refractivity contribution in [2.45, 2.75) is 31.8 Å². The summed E-state index contributed by atoms with van der Waals surface area (Å²) in [5, 5.41) is 29.4. The number of nitrogens with zero attached hydrogens (tertiary/aromatic N) is 5. The molecule has 4 rings (SSSR count). The Morgan fingerprint density at radius 2 is 2.03 bits per heavy atom. The zero-order chi connectivity index (χ0) is 21.1. The van der Waals surface area contributed by atoms with E-state index in [0.29, 0.717) is 29.9 Å². The fourth-order valence-corrected chi connectivity index (χ4v) is 3.89. The van der Waals surface area contributed by atoms with Gasteiger partial charge in [0, 0.05) is 49.1 Å². The molecule has 32 heavy (non-hydrogen) atoms. The summed E-state index contributed by atoms with van der Waals surface area (Å²) in [5.74, 6) is 0.727. The van der Waals surface area contributed by atoms with Gasteiger partial charge in [-0.25, -0.2) is 4.98 Å². The number of benzene rings is 1. The summed E-state index contributed by atoms with van der Waals surface area (Å²) >= 11 is 0. The molecule has 0 radical (unpaired) electrons. The Bertz CT molecular complexity index is 984. The number of hydrogen-bond donors (Lipinski definition) is 3. The van der Waals surface area contributed by atoms with Gasteiger partial charge in [-0.15, -0.1) is 35.0 Å². The van der Waals surface area contributed by atoms with Crippen LogP contribution in [0.1, 0.15) is 20.3 Å². The summed E-state index contributed by atoms with van der Waals surface area (Å²) in [6, 6.07) is 5.76. The van der Waals surface area contributed by atoms with Crippen LogP contribution in [0.2, 0.25) is 0 Å². The van der Waals surface area contributed by atoms with Crippen LogP contribution in [0.4, 0.5) is 5.95 Å². The van der Waals surface area contributed by atoms with Crippen molar-refractivity contribution in [3.05, 3.63) is 36.8 Å². The quantitative estimate of drug-likeness (QED) is 0.471. The highest BCUT2D eigenvalue weighted by Gasteiger charge is 2.29. The van der Waals surface area contributed by atoms with Crippen LogP contribution < -0.4 is 10.2 Å². The number of hydrogen-bond acceptors (Lipinski definition) is 8. The topological polar surface area (TPSA) is 112 Å². The van der Waals surface area contributed by atoms with E-state index in [1.54, 1.807) is 31.8 Å². The molecule has 3 aromatic rings. The first-order valence-corrected chi connectivity index (χ1v) is 9.99. The van der Waals surface area contributed by atoms with Gasteiger partial charge in [-0.05, 0) is 38.0 Å². The molecule has 0 saturated carbocycles. The van der Waals surface area contributed by atoms with Gasteiger partial charge in [0.25, 0.3) is 0 Å². The highest BCUT2D eigenvalue weighted by molar-refractivity contribution is 5.85. The van der Waals surface area contributed by atoms with Gasteiger partial charge < -0.3 is 20.1 Å². The molecule has 1 saturated heterocycles. The summed E-state index contributed by atoms with van der Waals surface area (Å²) in [6.07, 6.45) is 6.15. The number of H-pyrrole nitrogens is 1. The highest BCUT2D eigenvalue weighted by Crippen LogP contribution is 2.32. The second kappa shape index (κ2) is 10.9. The first-order chi connectivity index (χ1) is 14.4. The summed E-state index contributed by atoms with van der Waals surface area (Å²) in [5.41, 5.74) is 2.82. The number of ether oxygens (including phenoxy) is 1. The zero-order valence-electron chi connectivity index (χ0n) is 18.3. The van der Waals surface area contributed by atoms with Gasteiger partial charge in [-0.2, -0.15) is 5.10 Å². The van der Waals surface area contributed by atoms with E-state index in [2.05, 4.69) is 49.4 Å². The van der Waals surface area contributed by atoms with Gasteiger partial charge in [0.1, 0.15) is 11.4 Å². The third kappa shape index (κ3) is 5.86. The number of phenolic OH excluding ortho intramolecular Hbond substituents is 1. The maximum absolute atomic E-state index is 10.5. The third-order valence-corrected chi connectivity index (χ3v) is 5.23. The average molecular weight is 482 g/mol. The van der Waals surface area contributed by atoms with Crippen LogP contribution in [-0.2, 0) is 4.74 Å². The fraction of sp³-hybridized carbons (Fsp3) is 0.429. The standard InChI is InChI=1S/C21H27N7O2.2ClH/c1-21(2,13-30-3)25-16-6-7-28(12-16)20-22-11-18(26-27-20)17-5-4-14(8-19(17)29)15-9-23-24-10-15;;/h4-5,8-11,16,25,29H,6-7,12-13H2,1-3H3,(H,23,24);2*1H. The van der Waals surface area contributed by atoms with Crippen molar-refractivity contribution < 1.29 is 9.84 Å². The number of anilines is 1. The Hall–Kier alpha value is -2.46. The Labute approximate surface area is 199 Å². The van der Waals surface area contributed by atoms with E-state index in [9.17, 15) is 5.11 Å². The predicted octanol–water partition coefficient (Wildman–Crippen LogP) is 3.07. The highest BCUT2D eigenvalue weighted by atomic mass is 35.5. The third-order valence-electron chi connectivity index (χ3n) is 5.23. The maximum atomic E-state index is 10.5. The number of aromatic nitrogens is 5. The minimum Gasteiger partial charge on any atom is -0.507 e. The van der Waals surface area contributed by atoms with E-state index in [0.717, 1.165) is 30.6 Å². The van der Waals surface area contributed by atoms with Crippen molar-refractivity contribution >= 4 is 30.8 Å². The van der Waals surface area contributed by atoms with Crippen LogP contribution in [0, 0.1) is 0 Å². The molecule has 9 nitrogen and oxygen atoms in total. The SMILES string of the molecule is COCC(C)(C)NC1CCN(c2ncc(-c3ccc(-c4cn[nH]c4)cc3O)nn2)C1.Cl.Cl. The molecule has 1 unspecified atom stereocenters. The second-order valence-electron chi connectivity index (χ2n) is 8.26. The predicted molar refractivity (Wildman–Crippen MR) is 129 cm³/mol. The van der Waals surface area contributed by atoms with Crippen molar-refractivity contribution in [1.29, 1.82) is 0 Å². The molecule has 174 valence electrons. The summed E-state index contributed by atoms with van der Waals surface area (Å²) in [4.78, 5) is 6.62. The number of halogens is 2. The Morgan fingerprint density at radius 1 is 1.22 bits per heavy atom. The van der Waals surface area contributed by atoms with Crippen molar-refractivity contribution in [2.75, 3.05) is 31.7 Å². The molecular weight excluding hydrogens is 453 g/mol. The number of methoxy groups -OCH3 is 1. The van der Waals surface area contributed by atoms with E-state index in [4.69, 9.17) is 4.74 Å². The van der Waals surface area contributed by atoms with Gasteiger partial charge in [0.2, 0.25) is 5.95 Å². The molecule has 3 heterocycles. The molecule has 1 aliphatic heterocycles. The van der Waals surface area contributed by atoms with Crippen LogP contribution in [0.5, 0.6) is 5.75 Å². The summed E-state index contributed by atoms with van der Waals surface area (Å²) in [7, 11) is 1.72. The Morgan fingerprint density at radius 3 is 2.66 bits per heavy atom. The van der Waals surface area contributed by atoms with E-state index in [1.165, 1.54) is 0 Å². The van der Waals surface area contributed by atoms with E-state index >= 15 is 0 Å². The van der Waals surface area contributed by atoms with Crippen molar-refractivity contribution in [1.82, 2.24) is 30.7 Å². The van der Waals surface area contributed by atoms with Crippen LogP contribution in [0.25, 0.3) is 22.4 Å². The van der Waals surface area contributed by atoms with Crippen molar-refractivity contribution in [2.24, 2.45) is 0 Å². The number of phenols is 1. The maximum Gasteiger partial charge on any atom is 0.245 e. The lowest BCUT2D eigenvalue weighted by Gasteiger charge is -2.29. The normalized spacial score (nSPS) is 15.8. The average Bonchev–Trinajstić information content (AvgIpc) is 3.40. The zero-order valence-corrected chi connectivity index (χ0v) is 19.9. The van der Waals surface area contributed by atoms with Crippen LogP contribution >= 0.6 is 24.8 Å². The molecule has 3 N–H and O–H groups in total. The number of rotatable bonds is 7. The molecule has 11 heteroatoms. The lowest BCUT2D eigenvalue weighted by Crippen LogP contribution is -2.49. The minimum atomic E-state index is -0.0848. The van der Waals surface area contributed by atoms with Crippen LogP contribution in [0.3, 0.4) is 0 Å². The van der Waals surface area contributed by atoms with Gasteiger partial charge in [0.15, 0.2) is 0 Å². The van der Waals surface area contributed by atoms with E-state index < -0.39 is 0 Å². The smallest absolute Gasteiger partial charge is 0.245 e. The second-order valence-corrected chi connectivity index (χ2v) is 8.26. The van der Waals surface area contributed by atoms with E-state index in [1.807, 2.05) is 12.1 Å². The molecule has 0 aliphatic carbocycles. The molecule has 0 bridgehead atoms. The molecule has 1 atom stereocenters. The molecule has 1 aliphatic rings. The Kier molecular flexibility index (Phi) is 8.80. The van der Waals surface area contributed by atoms with Crippen molar-refractivity contribution in [3.8, 4) is 28.1 Å². The largest absolute Gasteiger partial charge is 0.507 e. The van der Waals surface area contributed by atoms with Gasteiger partial charge in [0.05, 0.1) is 19.0 Å². The summed E-state index contributed by atoms with van der Waals surface area (Å²) in [6.45, 7) is 6.61. The first kappa shape index (κ1) is 25.8. The number of aromatic amines is 1. The molecule has 0 amide bonds. The van der Waals surface area contributed by atoms with Crippen molar-refractivity contribution in [3.63, 3.8) is 0 Å². The first-order valence-electron chi connectivity index (χ1n) is 9.99. The van der Waals surface area contributed by atoms with Gasteiger partial charge in [-0.3, -0.25) is 5.10 Å². The van der Waals surface area contributed by atoms with Crippen LogP contribution in [-0.4, -0.2) is 68.9 Å². The lowest BCUT2D eigenvalue weighted by molar-refractivity contribution is 0.122. The summed E-state index contributed by atoms with van der Waals surface area (Å²) < 4.78 is 5.29. The van der Waals surface area contributed by atoms with E-state index in [-0.39, 0.29) is 36.1 Å². The molecule has 1 fully saturated rings. The van der Waals surface area contributed by atoms with Crippen LogP contribution in [0.15, 0.2) is 36.8 Å². The number of nitrogens with one attached hydrogen (secondary N) is 2. The monoisotopic (exact) mass is 481 g/mol. The minimum absolute atomic E-state index is 0. The molecule has 1 aromatic carbocycles. The molecule has 2 aromatic heterocycles. The van der Waals surface area contributed by atoms with Gasteiger partial charge in [-0.1, -0.05) is 6.07 Å². The Balaban J connectivity index is 0.00000181.